The summed E-state index contributed by atoms with van der Waals surface area (Å²) in [5.41, 5.74) is 1.60. The van der Waals surface area contributed by atoms with E-state index in [1.807, 2.05) is 30.3 Å². The van der Waals surface area contributed by atoms with Gasteiger partial charge in [0.25, 0.3) is 0 Å². The Kier molecular flexibility index (Phi) is 2.49. The van der Waals surface area contributed by atoms with E-state index in [1.165, 1.54) is 17.6 Å². The number of hydrogen-bond donors (Lipinski definition) is 0. The first-order chi connectivity index (χ1) is 6.92. The van der Waals surface area contributed by atoms with Crippen molar-refractivity contribution < 1.29 is 4.79 Å². The molecule has 2 rings (SSSR count). The highest BCUT2D eigenvalue weighted by atomic mass is 32.1. The van der Waals surface area contributed by atoms with Gasteiger partial charge in [0, 0.05) is 0 Å². The Morgan fingerprint density at radius 1 is 1.29 bits per heavy atom. The van der Waals surface area contributed by atoms with Crippen molar-refractivity contribution in [2.24, 2.45) is 4.99 Å². The smallest absolute Gasteiger partial charge is 0.211 e. The van der Waals surface area contributed by atoms with Crippen molar-refractivity contribution in [1.82, 2.24) is 4.37 Å². The lowest BCUT2D eigenvalue weighted by Gasteiger charge is -1.95. The second kappa shape index (κ2) is 3.96. The molecule has 68 valence electrons. The van der Waals surface area contributed by atoms with Crippen molar-refractivity contribution in [2.75, 3.05) is 0 Å². The van der Waals surface area contributed by atoms with Crippen LogP contribution in [0.2, 0.25) is 0 Å². The Hall–Kier alpha value is -1.77. The van der Waals surface area contributed by atoms with Gasteiger partial charge in [-0.2, -0.15) is 9.37 Å². The number of isocyanates is 1. The van der Waals surface area contributed by atoms with Gasteiger partial charge in [-0.15, -0.1) is 0 Å². The van der Waals surface area contributed by atoms with Gasteiger partial charge in [-0.25, -0.2) is 4.79 Å². The minimum Gasteiger partial charge on any atom is -0.211 e. The molecule has 0 atom stereocenters. The summed E-state index contributed by atoms with van der Waals surface area (Å²) in [5.74, 6) is 0. The lowest BCUT2D eigenvalue weighted by Crippen LogP contribution is -1.70. The van der Waals surface area contributed by atoms with Crippen molar-refractivity contribution in [2.45, 2.75) is 0 Å². The molecule has 0 aliphatic carbocycles. The highest BCUT2D eigenvalue weighted by Crippen LogP contribution is 2.32. The van der Waals surface area contributed by atoms with E-state index in [0.29, 0.717) is 5.69 Å². The average Bonchev–Trinajstić information content (AvgIpc) is 2.68. The molecule has 0 amide bonds. The fraction of sp³-hybridized carbons (Fsp3) is 0. The lowest BCUT2D eigenvalue weighted by atomic mass is 10.2. The molecule has 0 saturated heterocycles. The van der Waals surface area contributed by atoms with E-state index in [9.17, 15) is 4.79 Å². The fourth-order valence-corrected chi connectivity index (χ4v) is 1.84. The monoisotopic (exact) mass is 202 g/mol. The summed E-state index contributed by atoms with van der Waals surface area (Å²) in [5, 5.41) is 0. The van der Waals surface area contributed by atoms with Crippen LogP contribution in [0.25, 0.3) is 10.4 Å². The molecular formula is C10H6N2OS. The number of nitrogens with zero attached hydrogens (tertiary/aromatic N) is 2. The third kappa shape index (κ3) is 1.62. The zero-order valence-electron chi connectivity index (χ0n) is 7.18. The Labute approximate surface area is 84.9 Å². The van der Waals surface area contributed by atoms with E-state index in [-0.39, 0.29) is 0 Å². The summed E-state index contributed by atoms with van der Waals surface area (Å²) in [6, 6.07) is 9.72. The summed E-state index contributed by atoms with van der Waals surface area (Å²) in [6.45, 7) is 0. The van der Waals surface area contributed by atoms with E-state index >= 15 is 0 Å². The van der Waals surface area contributed by atoms with Gasteiger partial charge in [-0.1, -0.05) is 30.3 Å². The molecule has 0 spiro atoms. The molecule has 0 unspecified atom stereocenters. The minimum absolute atomic E-state index is 0.580. The van der Waals surface area contributed by atoms with Gasteiger partial charge in [0.05, 0.1) is 11.1 Å². The van der Waals surface area contributed by atoms with Gasteiger partial charge < -0.3 is 0 Å². The number of benzene rings is 1. The molecule has 1 aromatic heterocycles. The van der Waals surface area contributed by atoms with Gasteiger partial charge in [0.2, 0.25) is 6.08 Å². The summed E-state index contributed by atoms with van der Waals surface area (Å²) < 4.78 is 3.99. The third-order valence-corrected chi connectivity index (χ3v) is 2.59. The summed E-state index contributed by atoms with van der Waals surface area (Å²) in [7, 11) is 0. The number of rotatable bonds is 2. The molecule has 0 radical (unpaired) electrons. The summed E-state index contributed by atoms with van der Waals surface area (Å²) >= 11 is 1.32. The van der Waals surface area contributed by atoms with E-state index in [4.69, 9.17) is 0 Å². The Bertz CT molecular complexity index is 472. The van der Waals surface area contributed by atoms with Crippen molar-refractivity contribution in [3.05, 3.63) is 36.5 Å². The van der Waals surface area contributed by atoms with E-state index < -0.39 is 0 Å². The van der Waals surface area contributed by atoms with Gasteiger partial charge in [-0.3, -0.25) is 0 Å². The second-order valence-corrected chi connectivity index (χ2v) is 3.41. The first kappa shape index (κ1) is 8.81. The maximum atomic E-state index is 10.1. The van der Waals surface area contributed by atoms with Gasteiger partial charge in [0.15, 0.2) is 0 Å². The number of aromatic nitrogens is 1. The molecule has 0 bridgehead atoms. The van der Waals surface area contributed by atoms with Crippen LogP contribution in [0.3, 0.4) is 0 Å². The first-order valence-electron chi connectivity index (χ1n) is 4.00. The van der Waals surface area contributed by atoms with Gasteiger partial charge >= 0.3 is 0 Å². The van der Waals surface area contributed by atoms with Crippen molar-refractivity contribution >= 4 is 23.3 Å². The molecule has 0 saturated carbocycles. The normalized spacial score (nSPS) is 9.43. The van der Waals surface area contributed by atoms with Crippen LogP contribution in [0.5, 0.6) is 0 Å². The highest BCUT2D eigenvalue weighted by Gasteiger charge is 2.06. The molecule has 1 heterocycles. The second-order valence-electron chi connectivity index (χ2n) is 2.61. The Balaban J connectivity index is 2.52. The summed E-state index contributed by atoms with van der Waals surface area (Å²) in [4.78, 5) is 14.6. The number of hydrogen-bond acceptors (Lipinski definition) is 4. The number of carbonyl (C=O) groups excluding carboxylic acids is 1. The first-order valence-corrected chi connectivity index (χ1v) is 4.77. The molecule has 3 nitrogen and oxygen atoms in total. The van der Waals surface area contributed by atoms with Crippen molar-refractivity contribution in [3.8, 4) is 10.4 Å². The van der Waals surface area contributed by atoms with Crippen LogP contribution in [0.1, 0.15) is 0 Å². The molecule has 0 N–H and O–H groups in total. The molecular weight excluding hydrogens is 196 g/mol. The van der Waals surface area contributed by atoms with Gasteiger partial charge in [0.1, 0.15) is 5.69 Å². The quantitative estimate of drug-likeness (QED) is 0.555. The standard InChI is InChI=1S/C10H6N2OS/c13-7-11-9-6-12-14-10(9)8-4-2-1-3-5-8/h1-6H. The Morgan fingerprint density at radius 3 is 2.79 bits per heavy atom. The van der Waals surface area contributed by atoms with Crippen molar-refractivity contribution in [1.29, 1.82) is 0 Å². The predicted molar refractivity (Wildman–Crippen MR) is 55.3 cm³/mol. The predicted octanol–water partition coefficient (Wildman–Crippen LogP) is 2.78. The SMILES string of the molecule is O=C=Nc1cnsc1-c1ccccc1. The van der Waals surface area contributed by atoms with Crippen LogP contribution in [0, 0.1) is 0 Å². The van der Waals surface area contributed by atoms with E-state index in [1.54, 1.807) is 6.20 Å². The Morgan fingerprint density at radius 2 is 2.07 bits per heavy atom. The molecule has 0 aliphatic rings. The van der Waals surface area contributed by atoms with Gasteiger partial charge in [-0.05, 0) is 17.1 Å². The van der Waals surface area contributed by atoms with E-state index in [2.05, 4.69) is 9.37 Å². The van der Waals surface area contributed by atoms with Crippen LogP contribution in [-0.4, -0.2) is 10.5 Å². The molecule has 14 heavy (non-hydrogen) atoms. The van der Waals surface area contributed by atoms with Crippen LogP contribution in [0.4, 0.5) is 5.69 Å². The fourth-order valence-electron chi connectivity index (χ4n) is 1.15. The van der Waals surface area contributed by atoms with Crippen molar-refractivity contribution in [3.63, 3.8) is 0 Å². The molecule has 0 aliphatic heterocycles. The molecule has 0 fully saturated rings. The lowest BCUT2D eigenvalue weighted by molar-refractivity contribution is 0.565. The van der Waals surface area contributed by atoms with E-state index in [0.717, 1.165) is 10.4 Å². The maximum absolute atomic E-state index is 10.1. The number of aliphatic imine (C=N–C) groups is 1. The molecule has 2 aromatic rings. The van der Waals surface area contributed by atoms with Crippen LogP contribution in [0.15, 0.2) is 41.5 Å². The maximum Gasteiger partial charge on any atom is 0.240 e. The average molecular weight is 202 g/mol. The largest absolute Gasteiger partial charge is 0.240 e. The molecule has 1 aromatic carbocycles. The van der Waals surface area contributed by atoms with Crippen LogP contribution in [-0.2, 0) is 4.79 Å². The zero-order valence-corrected chi connectivity index (χ0v) is 7.99. The van der Waals surface area contributed by atoms with Crippen LogP contribution >= 0.6 is 11.5 Å². The topological polar surface area (TPSA) is 42.3 Å². The molecule has 4 heteroatoms. The minimum atomic E-state index is 0.580. The summed E-state index contributed by atoms with van der Waals surface area (Å²) in [6.07, 6.45) is 3.09. The highest BCUT2D eigenvalue weighted by molar-refractivity contribution is 7.10. The van der Waals surface area contributed by atoms with Crippen LogP contribution < -0.4 is 0 Å². The zero-order chi connectivity index (χ0) is 9.80. The third-order valence-electron chi connectivity index (χ3n) is 1.75.